The molecule has 1 aromatic rings. The molecule has 0 aliphatic heterocycles. The van der Waals surface area contributed by atoms with E-state index in [0.717, 1.165) is 11.8 Å². The van der Waals surface area contributed by atoms with Crippen LogP contribution in [0, 0.1) is 0 Å². The van der Waals surface area contributed by atoms with Crippen molar-refractivity contribution in [2.24, 2.45) is 0 Å². The number of halogens is 1. The molecule has 5 nitrogen and oxygen atoms in total. The van der Waals surface area contributed by atoms with Gasteiger partial charge >= 0.3 is 0 Å². The summed E-state index contributed by atoms with van der Waals surface area (Å²) < 4.78 is 15.6. The molecule has 0 saturated heterocycles. The van der Waals surface area contributed by atoms with E-state index in [4.69, 9.17) is 14.2 Å². The van der Waals surface area contributed by atoms with E-state index in [2.05, 4.69) is 21.2 Å². The zero-order valence-electron chi connectivity index (χ0n) is 11.8. The first-order valence-corrected chi connectivity index (χ1v) is 7.48. The zero-order chi connectivity index (χ0) is 14.8. The number of carbonyl (C=O) groups excluding carboxylic acids is 1. The van der Waals surface area contributed by atoms with Crippen LogP contribution in [0.3, 0.4) is 0 Å². The van der Waals surface area contributed by atoms with Crippen LogP contribution in [0.25, 0.3) is 0 Å². The van der Waals surface area contributed by atoms with Crippen molar-refractivity contribution in [2.45, 2.75) is 6.42 Å². The standard InChI is InChI=1S/C14H20BrNO4/c1-18-12-8-11(9-13(10-12)19-2)14(17)16-5-3-6-20-7-4-15/h8-10H,3-7H2,1-2H3,(H,16,17). The molecule has 1 rings (SSSR count). The van der Waals surface area contributed by atoms with Gasteiger partial charge in [0.2, 0.25) is 0 Å². The van der Waals surface area contributed by atoms with Crippen LogP contribution in [0.15, 0.2) is 18.2 Å². The maximum atomic E-state index is 12.0. The molecule has 6 heteroatoms. The first-order chi connectivity index (χ1) is 9.71. The van der Waals surface area contributed by atoms with Crippen molar-refractivity contribution in [3.63, 3.8) is 0 Å². The van der Waals surface area contributed by atoms with Gasteiger partial charge in [0.25, 0.3) is 5.91 Å². The number of ether oxygens (including phenoxy) is 3. The lowest BCUT2D eigenvalue weighted by atomic mass is 10.2. The van der Waals surface area contributed by atoms with Crippen molar-refractivity contribution in [1.82, 2.24) is 5.32 Å². The van der Waals surface area contributed by atoms with Crippen LogP contribution in [-0.2, 0) is 4.74 Å². The van der Waals surface area contributed by atoms with Gasteiger partial charge in [0, 0.05) is 30.1 Å². The van der Waals surface area contributed by atoms with Crippen LogP contribution in [-0.4, -0.2) is 45.2 Å². The van der Waals surface area contributed by atoms with Gasteiger partial charge in [0.1, 0.15) is 11.5 Å². The number of benzene rings is 1. The number of alkyl halides is 1. The number of carbonyl (C=O) groups is 1. The number of rotatable bonds is 9. The summed E-state index contributed by atoms with van der Waals surface area (Å²) in [6, 6.07) is 5.09. The number of methoxy groups -OCH3 is 2. The largest absolute Gasteiger partial charge is 0.497 e. The first kappa shape index (κ1) is 16.8. The summed E-state index contributed by atoms with van der Waals surface area (Å²) in [4.78, 5) is 12.0. The Kier molecular flexibility index (Phi) is 8.06. The highest BCUT2D eigenvalue weighted by Crippen LogP contribution is 2.22. The Morgan fingerprint density at radius 1 is 1.15 bits per heavy atom. The Morgan fingerprint density at radius 2 is 1.80 bits per heavy atom. The van der Waals surface area contributed by atoms with Gasteiger partial charge in [0.05, 0.1) is 20.8 Å². The lowest BCUT2D eigenvalue weighted by Gasteiger charge is -2.09. The van der Waals surface area contributed by atoms with Crippen molar-refractivity contribution in [3.8, 4) is 11.5 Å². The van der Waals surface area contributed by atoms with Crippen molar-refractivity contribution in [3.05, 3.63) is 23.8 Å². The monoisotopic (exact) mass is 345 g/mol. The van der Waals surface area contributed by atoms with Gasteiger partial charge in [-0.25, -0.2) is 0 Å². The van der Waals surface area contributed by atoms with Gasteiger partial charge in [-0.15, -0.1) is 0 Å². The fraction of sp³-hybridized carbons (Fsp3) is 0.500. The van der Waals surface area contributed by atoms with Crippen LogP contribution >= 0.6 is 15.9 Å². The topological polar surface area (TPSA) is 56.8 Å². The van der Waals surface area contributed by atoms with E-state index in [0.29, 0.717) is 36.8 Å². The Labute approximate surface area is 127 Å². The van der Waals surface area contributed by atoms with Crippen molar-refractivity contribution in [1.29, 1.82) is 0 Å². The predicted molar refractivity (Wildman–Crippen MR) is 81.1 cm³/mol. The van der Waals surface area contributed by atoms with Crippen LogP contribution in [0.2, 0.25) is 0 Å². The lowest BCUT2D eigenvalue weighted by molar-refractivity contribution is 0.0944. The van der Waals surface area contributed by atoms with Gasteiger partial charge in [-0.2, -0.15) is 0 Å². The highest BCUT2D eigenvalue weighted by molar-refractivity contribution is 9.09. The molecule has 0 spiro atoms. The summed E-state index contributed by atoms with van der Waals surface area (Å²) in [5, 5.41) is 3.66. The molecule has 20 heavy (non-hydrogen) atoms. The predicted octanol–water partition coefficient (Wildman–Crippen LogP) is 2.24. The normalized spacial score (nSPS) is 10.2. The molecule has 0 aromatic heterocycles. The second kappa shape index (κ2) is 9.61. The molecule has 112 valence electrons. The van der Waals surface area contributed by atoms with Crippen molar-refractivity contribution >= 4 is 21.8 Å². The number of amides is 1. The summed E-state index contributed by atoms with van der Waals surface area (Å²) in [5.74, 6) is 1.04. The second-order valence-corrected chi connectivity index (χ2v) is 4.81. The highest BCUT2D eigenvalue weighted by Gasteiger charge is 2.09. The molecule has 1 amide bonds. The molecule has 0 aliphatic rings. The molecular weight excluding hydrogens is 326 g/mol. The Hall–Kier alpha value is -1.27. The third-order valence-electron chi connectivity index (χ3n) is 2.59. The summed E-state index contributed by atoms with van der Waals surface area (Å²) >= 11 is 3.28. The zero-order valence-corrected chi connectivity index (χ0v) is 13.4. The first-order valence-electron chi connectivity index (χ1n) is 6.36. The average molecular weight is 346 g/mol. The van der Waals surface area contributed by atoms with E-state index in [1.807, 2.05) is 0 Å². The maximum Gasteiger partial charge on any atom is 0.251 e. The molecule has 1 N–H and O–H groups in total. The van der Waals surface area contributed by atoms with Gasteiger partial charge in [-0.1, -0.05) is 15.9 Å². The van der Waals surface area contributed by atoms with E-state index >= 15 is 0 Å². The van der Waals surface area contributed by atoms with Crippen LogP contribution < -0.4 is 14.8 Å². The van der Waals surface area contributed by atoms with Gasteiger partial charge in [0.15, 0.2) is 0 Å². The van der Waals surface area contributed by atoms with Crippen molar-refractivity contribution < 1.29 is 19.0 Å². The molecular formula is C14H20BrNO4. The van der Waals surface area contributed by atoms with E-state index in [-0.39, 0.29) is 5.91 Å². The van der Waals surface area contributed by atoms with Crippen LogP contribution in [0.4, 0.5) is 0 Å². The molecule has 0 bridgehead atoms. The van der Waals surface area contributed by atoms with Crippen LogP contribution in [0.5, 0.6) is 11.5 Å². The third kappa shape index (κ3) is 5.79. The summed E-state index contributed by atoms with van der Waals surface area (Å²) in [6.07, 6.45) is 0.778. The quantitative estimate of drug-likeness (QED) is 0.550. The summed E-state index contributed by atoms with van der Waals surface area (Å²) in [7, 11) is 3.11. The van der Waals surface area contributed by atoms with Crippen molar-refractivity contribution in [2.75, 3.05) is 39.3 Å². The fourth-order valence-electron chi connectivity index (χ4n) is 1.57. The summed E-state index contributed by atoms with van der Waals surface area (Å²) in [6.45, 7) is 1.88. The van der Waals surface area contributed by atoms with E-state index in [1.165, 1.54) is 0 Å². The molecule has 0 saturated carbocycles. The Morgan fingerprint density at radius 3 is 2.35 bits per heavy atom. The number of hydrogen-bond acceptors (Lipinski definition) is 4. The molecule has 0 fully saturated rings. The number of nitrogens with one attached hydrogen (secondary N) is 1. The third-order valence-corrected chi connectivity index (χ3v) is 2.91. The summed E-state index contributed by atoms with van der Waals surface area (Å²) in [5.41, 5.74) is 0.516. The second-order valence-electron chi connectivity index (χ2n) is 4.01. The minimum atomic E-state index is -0.150. The van der Waals surface area contributed by atoms with E-state index in [1.54, 1.807) is 32.4 Å². The minimum absolute atomic E-state index is 0.150. The van der Waals surface area contributed by atoms with E-state index < -0.39 is 0 Å². The Bertz CT molecular complexity index is 403. The molecule has 0 atom stereocenters. The van der Waals surface area contributed by atoms with Gasteiger partial charge < -0.3 is 19.5 Å². The fourth-order valence-corrected chi connectivity index (χ4v) is 1.80. The molecule has 1 aromatic carbocycles. The highest BCUT2D eigenvalue weighted by atomic mass is 79.9. The van der Waals surface area contributed by atoms with Gasteiger partial charge in [-0.3, -0.25) is 4.79 Å². The SMILES string of the molecule is COc1cc(OC)cc(C(=O)NCCCOCCBr)c1. The molecule has 0 heterocycles. The average Bonchev–Trinajstić information content (AvgIpc) is 2.49. The Balaban J connectivity index is 2.46. The molecule has 0 unspecified atom stereocenters. The van der Waals surface area contributed by atoms with Crippen LogP contribution in [0.1, 0.15) is 16.8 Å². The lowest BCUT2D eigenvalue weighted by Crippen LogP contribution is -2.25. The minimum Gasteiger partial charge on any atom is -0.497 e. The maximum absolute atomic E-state index is 12.0. The smallest absolute Gasteiger partial charge is 0.251 e. The number of hydrogen-bond donors (Lipinski definition) is 1. The molecule has 0 radical (unpaired) electrons. The van der Waals surface area contributed by atoms with E-state index in [9.17, 15) is 4.79 Å². The molecule has 0 aliphatic carbocycles. The van der Waals surface area contributed by atoms with Gasteiger partial charge in [-0.05, 0) is 18.6 Å².